The van der Waals surface area contributed by atoms with E-state index < -0.39 is 0 Å². The number of halogens is 2. The van der Waals surface area contributed by atoms with Gasteiger partial charge in [0.15, 0.2) is 0 Å². The Labute approximate surface area is 227 Å². The third-order valence-electron chi connectivity index (χ3n) is 8.73. The third kappa shape index (κ3) is 12.6. The molecule has 0 aromatic heterocycles. The molecule has 0 amide bonds. The molecule has 0 aromatic carbocycles. The molecule has 4 nitrogen and oxygen atoms in total. The lowest BCUT2D eigenvalue weighted by Crippen LogP contribution is -3.00. The average molecular weight is 526 g/mol. The maximum Gasteiger partial charge on any atom is 0.0988 e. The quantitative estimate of drug-likeness (QED) is 0.317. The van der Waals surface area contributed by atoms with Crippen molar-refractivity contribution in [3.63, 3.8) is 0 Å². The van der Waals surface area contributed by atoms with Gasteiger partial charge in [-0.15, -0.1) is 0 Å². The monoisotopic (exact) mass is 524 g/mol. The predicted molar refractivity (Wildman–Crippen MR) is 143 cm³/mol. The van der Waals surface area contributed by atoms with Crippen molar-refractivity contribution in [3.8, 4) is 0 Å². The van der Waals surface area contributed by atoms with Crippen LogP contribution in [0.5, 0.6) is 0 Å². The zero-order valence-corrected chi connectivity index (χ0v) is 25.9. The summed E-state index contributed by atoms with van der Waals surface area (Å²) in [5, 5.41) is 0. The van der Waals surface area contributed by atoms with Crippen molar-refractivity contribution in [1.29, 1.82) is 0 Å². The molecule has 2 aliphatic rings. The molecule has 0 spiro atoms. The van der Waals surface area contributed by atoms with Crippen molar-refractivity contribution in [1.82, 2.24) is 9.80 Å². The SMILES string of the molecule is CCCCN1CC[N+](C)(CCCC)C(C)C1.CCCCN1CC[N+](C)(CCCC)C(C)C1.[Cl-].[Cl-]. The summed E-state index contributed by atoms with van der Waals surface area (Å²) in [6.07, 6.45) is 10.8. The van der Waals surface area contributed by atoms with Gasteiger partial charge >= 0.3 is 0 Å². The molecule has 0 bridgehead atoms. The van der Waals surface area contributed by atoms with E-state index in [2.05, 4.69) is 65.4 Å². The Morgan fingerprint density at radius 3 is 1.18 bits per heavy atom. The normalized spacial score (nSPS) is 30.0. The van der Waals surface area contributed by atoms with Crippen LogP contribution in [0.4, 0.5) is 0 Å². The molecule has 2 saturated heterocycles. The minimum absolute atomic E-state index is 0. The van der Waals surface area contributed by atoms with Gasteiger partial charge in [-0.05, 0) is 52.6 Å². The summed E-state index contributed by atoms with van der Waals surface area (Å²) in [7, 11) is 4.91. The minimum atomic E-state index is 0. The zero-order valence-electron chi connectivity index (χ0n) is 24.4. The van der Waals surface area contributed by atoms with Crippen LogP contribution in [0, 0.1) is 0 Å². The summed E-state index contributed by atoms with van der Waals surface area (Å²) >= 11 is 0. The van der Waals surface area contributed by atoms with Gasteiger partial charge in [-0.25, -0.2) is 0 Å². The van der Waals surface area contributed by atoms with Gasteiger partial charge in [-0.2, -0.15) is 0 Å². The Balaban J connectivity index is 0. The molecule has 2 aliphatic heterocycles. The minimum Gasteiger partial charge on any atom is -1.00 e. The zero-order chi connectivity index (χ0) is 24.0. The summed E-state index contributed by atoms with van der Waals surface area (Å²) in [5.74, 6) is 0. The Bertz CT molecular complexity index is 439. The van der Waals surface area contributed by atoms with Crippen LogP contribution in [0.25, 0.3) is 0 Å². The topological polar surface area (TPSA) is 6.48 Å². The van der Waals surface area contributed by atoms with Gasteiger partial charge in [-0.1, -0.05) is 53.4 Å². The Morgan fingerprint density at radius 1 is 0.588 bits per heavy atom. The molecule has 6 heteroatoms. The highest BCUT2D eigenvalue weighted by molar-refractivity contribution is 4.70. The molecule has 34 heavy (non-hydrogen) atoms. The summed E-state index contributed by atoms with van der Waals surface area (Å²) in [6, 6.07) is 1.63. The first kappa shape index (κ1) is 36.6. The lowest BCUT2D eigenvalue weighted by atomic mass is 10.1. The van der Waals surface area contributed by atoms with Gasteiger partial charge in [0.1, 0.15) is 0 Å². The van der Waals surface area contributed by atoms with E-state index in [9.17, 15) is 0 Å². The third-order valence-corrected chi connectivity index (χ3v) is 8.73. The van der Waals surface area contributed by atoms with Crippen molar-refractivity contribution in [3.05, 3.63) is 0 Å². The molecule has 2 fully saturated rings. The van der Waals surface area contributed by atoms with Gasteiger partial charge in [0.05, 0.1) is 65.4 Å². The van der Waals surface area contributed by atoms with Crippen LogP contribution in [0.2, 0.25) is 0 Å². The van der Waals surface area contributed by atoms with E-state index >= 15 is 0 Å². The number of nitrogens with zero attached hydrogens (tertiary/aromatic N) is 4. The van der Waals surface area contributed by atoms with Gasteiger partial charge < -0.3 is 33.8 Å². The second-order valence-corrected chi connectivity index (χ2v) is 11.6. The van der Waals surface area contributed by atoms with E-state index in [1.165, 1.54) is 126 Å². The number of hydrogen-bond acceptors (Lipinski definition) is 2. The molecule has 2 heterocycles. The first-order valence-corrected chi connectivity index (χ1v) is 14.4. The second kappa shape index (κ2) is 19.5. The van der Waals surface area contributed by atoms with Crippen LogP contribution in [0.3, 0.4) is 0 Å². The standard InChI is InChI=1S/2C14H31N2.2ClH/c2*1-5-7-9-15-10-12-16(4,11-8-6-2)14(3)13-15;;/h2*14H,5-13H2,1-4H3;2*1H/q2*+1;;/p-2. The Kier molecular flexibility index (Phi) is 21.0. The highest BCUT2D eigenvalue weighted by atomic mass is 35.5. The van der Waals surface area contributed by atoms with Crippen molar-refractivity contribution in [2.24, 2.45) is 0 Å². The van der Waals surface area contributed by atoms with E-state index in [0.717, 1.165) is 12.1 Å². The maximum atomic E-state index is 2.67. The second-order valence-electron chi connectivity index (χ2n) is 11.6. The molecule has 0 radical (unpaired) electrons. The van der Waals surface area contributed by atoms with Gasteiger partial charge in [0.2, 0.25) is 0 Å². The van der Waals surface area contributed by atoms with E-state index in [-0.39, 0.29) is 24.8 Å². The van der Waals surface area contributed by atoms with E-state index in [1.54, 1.807) is 0 Å². The molecule has 208 valence electrons. The Morgan fingerprint density at radius 2 is 0.912 bits per heavy atom. The molecule has 0 saturated carbocycles. The van der Waals surface area contributed by atoms with Crippen LogP contribution in [-0.4, -0.2) is 110 Å². The molecule has 0 aromatic rings. The smallest absolute Gasteiger partial charge is 0.0988 e. The van der Waals surface area contributed by atoms with Crippen molar-refractivity contribution in [2.45, 2.75) is 105 Å². The molecule has 0 N–H and O–H groups in total. The summed E-state index contributed by atoms with van der Waals surface area (Å²) in [6.45, 7) is 27.4. The lowest BCUT2D eigenvalue weighted by molar-refractivity contribution is -0.936. The van der Waals surface area contributed by atoms with Crippen molar-refractivity contribution >= 4 is 0 Å². The molecule has 2 rings (SSSR count). The van der Waals surface area contributed by atoms with Crippen molar-refractivity contribution < 1.29 is 33.8 Å². The van der Waals surface area contributed by atoms with Gasteiger partial charge in [0, 0.05) is 13.1 Å². The summed E-state index contributed by atoms with van der Waals surface area (Å²) in [4.78, 5) is 5.33. The van der Waals surface area contributed by atoms with Gasteiger partial charge in [0.25, 0.3) is 0 Å². The Hall–Kier alpha value is 0.420. The van der Waals surface area contributed by atoms with Crippen LogP contribution >= 0.6 is 0 Å². The summed E-state index contributed by atoms with van der Waals surface area (Å²) in [5.41, 5.74) is 0. The molecule has 0 aliphatic carbocycles. The first-order valence-electron chi connectivity index (χ1n) is 14.4. The van der Waals surface area contributed by atoms with Gasteiger partial charge in [-0.3, -0.25) is 9.80 Å². The number of likely N-dealkylation sites (N-methyl/N-ethyl adjacent to an activating group) is 2. The van der Waals surface area contributed by atoms with E-state index in [1.807, 2.05) is 0 Å². The number of rotatable bonds is 12. The molecular formula is C28H62Cl2N4. The highest BCUT2D eigenvalue weighted by Crippen LogP contribution is 2.20. The first-order chi connectivity index (χ1) is 15.2. The number of hydrogen-bond donors (Lipinski definition) is 0. The number of quaternary nitrogens is 2. The largest absolute Gasteiger partial charge is 1.00 e. The van der Waals surface area contributed by atoms with Crippen molar-refractivity contribution in [2.75, 3.05) is 79.5 Å². The maximum absolute atomic E-state index is 2.67. The molecule has 4 unspecified atom stereocenters. The number of unbranched alkanes of at least 4 members (excludes halogenated alkanes) is 4. The lowest BCUT2D eigenvalue weighted by Gasteiger charge is -2.47. The molecular weight excluding hydrogens is 463 g/mol. The van der Waals surface area contributed by atoms with Crippen LogP contribution in [-0.2, 0) is 0 Å². The summed E-state index contributed by atoms with van der Waals surface area (Å²) < 4.78 is 2.60. The fraction of sp³-hybridized carbons (Fsp3) is 1.00. The predicted octanol–water partition coefficient (Wildman–Crippen LogP) is -0.517. The van der Waals surface area contributed by atoms with Crippen LogP contribution in [0.1, 0.15) is 92.9 Å². The fourth-order valence-electron chi connectivity index (χ4n) is 5.38. The van der Waals surface area contributed by atoms with E-state index in [0.29, 0.717) is 0 Å². The van der Waals surface area contributed by atoms with Crippen LogP contribution in [0.15, 0.2) is 0 Å². The molecule has 4 atom stereocenters. The van der Waals surface area contributed by atoms with Crippen LogP contribution < -0.4 is 24.8 Å². The fourth-order valence-corrected chi connectivity index (χ4v) is 5.38. The average Bonchev–Trinajstić information content (AvgIpc) is 2.79. The van der Waals surface area contributed by atoms with E-state index in [4.69, 9.17) is 0 Å². The number of piperazine rings is 2. The highest BCUT2D eigenvalue weighted by Gasteiger charge is 2.35.